The first kappa shape index (κ1) is 16.8. The molecule has 0 aliphatic carbocycles. The van der Waals surface area contributed by atoms with Gasteiger partial charge in [-0.1, -0.05) is 24.3 Å². The molecule has 21 heavy (non-hydrogen) atoms. The molecule has 0 fully saturated rings. The van der Waals surface area contributed by atoms with Crippen molar-refractivity contribution in [2.45, 2.75) is 0 Å². The molecule has 0 aliphatic rings. The molecule has 1 heterocycles. The molecule has 0 amide bonds. The molecular formula is C14H15NO5S. The van der Waals surface area contributed by atoms with Gasteiger partial charge in [-0.3, -0.25) is 9.54 Å². The Kier molecular flexibility index (Phi) is 7.06. The van der Waals surface area contributed by atoms with E-state index in [-0.39, 0.29) is 6.61 Å². The Bertz CT molecular complexity index is 602. The van der Waals surface area contributed by atoms with Crippen LogP contribution in [0.1, 0.15) is 10.4 Å². The van der Waals surface area contributed by atoms with Crippen LogP contribution >= 0.6 is 0 Å². The van der Waals surface area contributed by atoms with E-state index in [9.17, 15) is 13.2 Å². The van der Waals surface area contributed by atoms with Gasteiger partial charge >= 0.3 is 5.97 Å². The van der Waals surface area contributed by atoms with Crippen molar-refractivity contribution in [3.8, 4) is 0 Å². The molecule has 112 valence electrons. The van der Waals surface area contributed by atoms with Gasteiger partial charge in [0.2, 0.25) is 0 Å². The summed E-state index contributed by atoms with van der Waals surface area (Å²) in [5.41, 5.74) is 0.341. The highest BCUT2D eigenvalue weighted by atomic mass is 32.2. The zero-order valence-electron chi connectivity index (χ0n) is 11.1. The Balaban J connectivity index is 0.000000304. The minimum absolute atomic E-state index is 0.341. The molecule has 0 aliphatic heterocycles. The minimum Gasteiger partial charge on any atom is -0.461 e. The zero-order chi connectivity index (χ0) is 15.6. The first-order chi connectivity index (χ1) is 9.99. The maximum absolute atomic E-state index is 11.2. The number of carbonyl (C=O) groups excluding carboxylic acids is 1. The van der Waals surface area contributed by atoms with Gasteiger partial charge in [0.1, 0.15) is 12.4 Å². The van der Waals surface area contributed by atoms with Crippen LogP contribution in [-0.4, -0.2) is 36.3 Å². The predicted octanol–water partition coefficient (Wildman–Crippen LogP) is 1.81. The molecule has 7 heteroatoms. The van der Waals surface area contributed by atoms with E-state index in [0.717, 1.165) is 0 Å². The Hall–Kier alpha value is -2.25. The first-order valence-electron chi connectivity index (χ1n) is 6.01. The Morgan fingerprint density at radius 3 is 2.05 bits per heavy atom. The Morgan fingerprint density at radius 2 is 1.62 bits per heavy atom. The van der Waals surface area contributed by atoms with Crippen molar-refractivity contribution < 1.29 is 22.5 Å². The largest absolute Gasteiger partial charge is 0.461 e. The van der Waals surface area contributed by atoms with Crippen LogP contribution in [0.4, 0.5) is 0 Å². The Morgan fingerprint density at radius 1 is 1.05 bits per heavy atom. The number of benzene rings is 1. The summed E-state index contributed by atoms with van der Waals surface area (Å²) >= 11 is 0. The van der Waals surface area contributed by atoms with Gasteiger partial charge in [0.25, 0.3) is 10.1 Å². The van der Waals surface area contributed by atoms with E-state index in [1.54, 1.807) is 42.7 Å². The van der Waals surface area contributed by atoms with E-state index in [0.29, 0.717) is 5.56 Å². The summed E-state index contributed by atoms with van der Waals surface area (Å²) in [4.78, 5) is 15.0. The summed E-state index contributed by atoms with van der Waals surface area (Å²) in [7, 11) is -4.08. The fourth-order valence-electron chi connectivity index (χ4n) is 1.21. The average Bonchev–Trinajstić information content (AvgIpc) is 2.49. The molecule has 0 radical (unpaired) electrons. The standard InChI is InChI=1S/C9H10O5S.C5H5N/c10-9(8-4-2-1-3-5-8)14-6-7-15(11,12)13;1-2-4-6-5-3-1/h1-5H,6-7H2,(H,11,12,13);1-5H. The number of aromatic nitrogens is 1. The molecule has 0 bridgehead atoms. The van der Waals surface area contributed by atoms with Crippen molar-refractivity contribution in [2.24, 2.45) is 0 Å². The van der Waals surface area contributed by atoms with Gasteiger partial charge in [0, 0.05) is 12.4 Å². The molecule has 6 nitrogen and oxygen atoms in total. The fourth-order valence-corrected chi connectivity index (χ4v) is 1.50. The lowest BCUT2D eigenvalue weighted by Crippen LogP contribution is -2.14. The SMILES string of the molecule is O=C(OCCS(=O)(=O)O)c1ccccc1.c1ccncc1. The third kappa shape index (κ3) is 8.51. The van der Waals surface area contributed by atoms with Crippen LogP contribution in [0.2, 0.25) is 0 Å². The quantitative estimate of drug-likeness (QED) is 0.684. The number of pyridine rings is 1. The van der Waals surface area contributed by atoms with Crippen molar-refractivity contribution >= 4 is 16.1 Å². The summed E-state index contributed by atoms with van der Waals surface area (Å²) < 4.78 is 33.6. The maximum atomic E-state index is 11.2. The van der Waals surface area contributed by atoms with Crippen molar-refractivity contribution in [1.29, 1.82) is 0 Å². The third-order valence-corrected chi connectivity index (χ3v) is 2.83. The van der Waals surface area contributed by atoms with Gasteiger partial charge in [-0.2, -0.15) is 8.42 Å². The minimum atomic E-state index is -4.08. The predicted molar refractivity (Wildman–Crippen MR) is 77.4 cm³/mol. The van der Waals surface area contributed by atoms with Gasteiger partial charge < -0.3 is 4.74 Å². The highest BCUT2D eigenvalue weighted by Crippen LogP contribution is 2.00. The lowest BCUT2D eigenvalue weighted by Gasteiger charge is -2.02. The molecule has 1 aromatic heterocycles. The normalized spacial score (nSPS) is 10.1. The van der Waals surface area contributed by atoms with E-state index in [4.69, 9.17) is 4.55 Å². The van der Waals surface area contributed by atoms with E-state index in [1.807, 2.05) is 18.2 Å². The summed E-state index contributed by atoms with van der Waals surface area (Å²) in [6.45, 7) is -0.355. The number of nitrogens with zero attached hydrogens (tertiary/aromatic N) is 1. The topological polar surface area (TPSA) is 93.6 Å². The summed E-state index contributed by atoms with van der Waals surface area (Å²) in [6, 6.07) is 13.9. The van der Waals surface area contributed by atoms with Crippen molar-refractivity contribution in [2.75, 3.05) is 12.4 Å². The van der Waals surface area contributed by atoms with Gasteiger partial charge in [-0.15, -0.1) is 0 Å². The number of esters is 1. The molecule has 0 spiro atoms. The number of hydrogen-bond acceptors (Lipinski definition) is 5. The molecule has 2 rings (SSSR count). The smallest absolute Gasteiger partial charge is 0.338 e. The molecule has 0 saturated heterocycles. The molecule has 0 atom stereocenters. The van der Waals surface area contributed by atoms with Gasteiger partial charge in [0.05, 0.1) is 5.56 Å². The molecule has 2 aromatic rings. The van der Waals surface area contributed by atoms with Gasteiger partial charge in [-0.25, -0.2) is 4.79 Å². The third-order valence-electron chi connectivity index (χ3n) is 2.15. The monoisotopic (exact) mass is 309 g/mol. The molecule has 1 N–H and O–H groups in total. The Labute approximate surface area is 123 Å². The van der Waals surface area contributed by atoms with Crippen molar-refractivity contribution in [3.05, 3.63) is 66.5 Å². The maximum Gasteiger partial charge on any atom is 0.338 e. The fraction of sp³-hybridized carbons (Fsp3) is 0.143. The second-order valence-electron chi connectivity index (χ2n) is 3.81. The van der Waals surface area contributed by atoms with E-state index >= 15 is 0 Å². The van der Waals surface area contributed by atoms with Gasteiger partial charge in [-0.05, 0) is 24.3 Å². The number of hydrogen-bond donors (Lipinski definition) is 1. The van der Waals surface area contributed by atoms with Crippen LogP contribution in [0, 0.1) is 0 Å². The molecule has 0 saturated carbocycles. The van der Waals surface area contributed by atoms with E-state index in [2.05, 4.69) is 9.72 Å². The van der Waals surface area contributed by atoms with E-state index in [1.165, 1.54) is 0 Å². The second kappa shape index (κ2) is 8.83. The highest BCUT2D eigenvalue weighted by molar-refractivity contribution is 7.85. The number of carbonyl (C=O) groups is 1. The molecule has 1 aromatic carbocycles. The zero-order valence-corrected chi connectivity index (χ0v) is 11.9. The average molecular weight is 309 g/mol. The molecular weight excluding hydrogens is 294 g/mol. The van der Waals surface area contributed by atoms with Gasteiger partial charge in [0.15, 0.2) is 0 Å². The van der Waals surface area contributed by atoms with Crippen LogP contribution in [0.3, 0.4) is 0 Å². The van der Waals surface area contributed by atoms with Crippen LogP contribution in [0.25, 0.3) is 0 Å². The van der Waals surface area contributed by atoms with Crippen LogP contribution in [-0.2, 0) is 14.9 Å². The summed E-state index contributed by atoms with van der Waals surface area (Å²) in [6.07, 6.45) is 3.50. The highest BCUT2D eigenvalue weighted by Gasteiger charge is 2.09. The lowest BCUT2D eigenvalue weighted by molar-refractivity contribution is 0.0528. The van der Waals surface area contributed by atoms with Crippen LogP contribution < -0.4 is 0 Å². The number of rotatable bonds is 4. The second-order valence-corrected chi connectivity index (χ2v) is 5.38. The first-order valence-corrected chi connectivity index (χ1v) is 7.62. The lowest BCUT2D eigenvalue weighted by atomic mass is 10.2. The van der Waals surface area contributed by atoms with Crippen molar-refractivity contribution in [3.63, 3.8) is 0 Å². The molecule has 0 unspecified atom stereocenters. The number of ether oxygens (including phenoxy) is 1. The van der Waals surface area contributed by atoms with Crippen LogP contribution in [0.5, 0.6) is 0 Å². The van der Waals surface area contributed by atoms with Crippen molar-refractivity contribution in [1.82, 2.24) is 4.98 Å². The van der Waals surface area contributed by atoms with E-state index < -0.39 is 21.8 Å². The summed E-state index contributed by atoms with van der Waals surface area (Å²) in [5.74, 6) is -1.20. The van der Waals surface area contributed by atoms with Crippen LogP contribution in [0.15, 0.2) is 60.9 Å². The summed E-state index contributed by atoms with van der Waals surface area (Å²) in [5, 5.41) is 0.